The fourth-order valence-electron chi connectivity index (χ4n) is 3.44. The Labute approximate surface area is 151 Å². The van der Waals surface area contributed by atoms with Crippen LogP contribution in [0.3, 0.4) is 0 Å². The highest BCUT2D eigenvalue weighted by Crippen LogP contribution is 2.24. The third-order valence-corrected chi connectivity index (χ3v) is 4.85. The molecule has 1 saturated carbocycles. The summed E-state index contributed by atoms with van der Waals surface area (Å²) in [4.78, 5) is 40.9. The number of nitrogens with one attached hydrogen (secondary N) is 2. The molecule has 2 atom stereocenters. The molecule has 26 heavy (non-hydrogen) atoms. The maximum absolute atomic E-state index is 12.2. The van der Waals surface area contributed by atoms with Crippen LogP contribution in [0.4, 0.5) is 4.79 Å². The minimum Gasteiger partial charge on any atom is -0.448 e. The molecule has 1 saturated heterocycles. The number of aromatic nitrogens is 1. The first kappa shape index (κ1) is 18.2. The Morgan fingerprint density at radius 1 is 1.38 bits per heavy atom. The molecule has 142 valence electrons. The topological polar surface area (TPSA) is 114 Å². The van der Waals surface area contributed by atoms with E-state index in [9.17, 15) is 14.4 Å². The van der Waals surface area contributed by atoms with Gasteiger partial charge in [0.15, 0.2) is 12.1 Å². The first-order chi connectivity index (χ1) is 12.5. The summed E-state index contributed by atoms with van der Waals surface area (Å²) in [6.07, 6.45) is 4.52. The SMILES string of the molecule is Cc1ocnc1C(=O)N[C@H]1CCC[C@@H](CNC(=O)CN2CCOC2=O)C1. The lowest BCUT2D eigenvalue weighted by Gasteiger charge is -2.29. The zero-order chi connectivity index (χ0) is 18.5. The number of cyclic esters (lactones) is 1. The normalized spacial score (nSPS) is 22.8. The minimum absolute atomic E-state index is 0.0250. The van der Waals surface area contributed by atoms with Crippen LogP contribution in [0.25, 0.3) is 0 Å². The maximum Gasteiger partial charge on any atom is 0.410 e. The number of carbonyl (C=O) groups excluding carboxylic acids is 3. The summed E-state index contributed by atoms with van der Waals surface area (Å²) in [6.45, 7) is 3.05. The molecule has 3 amide bonds. The highest BCUT2D eigenvalue weighted by molar-refractivity contribution is 5.93. The maximum atomic E-state index is 12.2. The predicted molar refractivity (Wildman–Crippen MR) is 90.4 cm³/mol. The van der Waals surface area contributed by atoms with E-state index in [2.05, 4.69) is 15.6 Å². The first-order valence-corrected chi connectivity index (χ1v) is 8.92. The van der Waals surface area contributed by atoms with Crippen LogP contribution >= 0.6 is 0 Å². The molecule has 3 rings (SSSR count). The Bertz CT molecular complexity index is 674. The van der Waals surface area contributed by atoms with Gasteiger partial charge in [0.25, 0.3) is 5.91 Å². The monoisotopic (exact) mass is 364 g/mol. The van der Waals surface area contributed by atoms with E-state index in [1.807, 2.05) is 0 Å². The molecule has 0 unspecified atom stereocenters. The van der Waals surface area contributed by atoms with Gasteiger partial charge in [-0.1, -0.05) is 6.42 Å². The smallest absolute Gasteiger partial charge is 0.410 e. The van der Waals surface area contributed by atoms with Gasteiger partial charge in [0.1, 0.15) is 18.9 Å². The van der Waals surface area contributed by atoms with Gasteiger partial charge in [-0.3, -0.25) is 14.5 Å². The van der Waals surface area contributed by atoms with E-state index in [0.717, 1.165) is 25.7 Å². The Balaban J connectivity index is 1.42. The van der Waals surface area contributed by atoms with Gasteiger partial charge in [0.2, 0.25) is 5.91 Å². The molecule has 9 nitrogen and oxygen atoms in total. The lowest BCUT2D eigenvalue weighted by Crippen LogP contribution is -2.43. The van der Waals surface area contributed by atoms with Crippen molar-refractivity contribution in [2.75, 3.05) is 26.2 Å². The van der Waals surface area contributed by atoms with Crippen molar-refractivity contribution in [1.29, 1.82) is 0 Å². The second kappa shape index (κ2) is 8.20. The number of ether oxygens (including phenoxy) is 1. The highest BCUT2D eigenvalue weighted by atomic mass is 16.6. The third kappa shape index (κ3) is 4.53. The van der Waals surface area contributed by atoms with Crippen molar-refractivity contribution >= 4 is 17.9 Å². The number of oxazole rings is 1. The second-order valence-corrected chi connectivity index (χ2v) is 6.80. The zero-order valence-electron chi connectivity index (χ0n) is 14.8. The number of amides is 3. The first-order valence-electron chi connectivity index (χ1n) is 8.92. The van der Waals surface area contributed by atoms with Crippen molar-refractivity contribution < 1.29 is 23.5 Å². The summed E-state index contributed by atoms with van der Waals surface area (Å²) >= 11 is 0. The number of carbonyl (C=O) groups is 3. The minimum atomic E-state index is -0.441. The quantitative estimate of drug-likeness (QED) is 0.773. The fourth-order valence-corrected chi connectivity index (χ4v) is 3.44. The molecule has 0 aromatic carbocycles. The van der Waals surface area contributed by atoms with E-state index >= 15 is 0 Å². The Hall–Kier alpha value is -2.58. The van der Waals surface area contributed by atoms with Crippen LogP contribution in [0.1, 0.15) is 41.9 Å². The van der Waals surface area contributed by atoms with Crippen LogP contribution in [-0.4, -0.2) is 60.1 Å². The van der Waals surface area contributed by atoms with Gasteiger partial charge in [-0.25, -0.2) is 9.78 Å². The van der Waals surface area contributed by atoms with Crippen LogP contribution in [0.15, 0.2) is 10.8 Å². The molecular weight excluding hydrogens is 340 g/mol. The summed E-state index contributed by atoms with van der Waals surface area (Å²) in [7, 11) is 0. The summed E-state index contributed by atoms with van der Waals surface area (Å²) in [5, 5.41) is 5.88. The average Bonchev–Trinajstić information content (AvgIpc) is 3.22. The van der Waals surface area contributed by atoms with Gasteiger partial charge in [-0.15, -0.1) is 0 Å². The second-order valence-electron chi connectivity index (χ2n) is 6.80. The van der Waals surface area contributed by atoms with Crippen molar-refractivity contribution in [2.45, 2.75) is 38.6 Å². The van der Waals surface area contributed by atoms with Crippen LogP contribution < -0.4 is 10.6 Å². The van der Waals surface area contributed by atoms with E-state index in [1.54, 1.807) is 6.92 Å². The lowest BCUT2D eigenvalue weighted by atomic mass is 9.85. The molecule has 2 aliphatic rings. The fraction of sp³-hybridized carbons (Fsp3) is 0.647. The number of hydrogen-bond donors (Lipinski definition) is 2. The Kier molecular flexibility index (Phi) is 5.75. The predicted octanol–water partition coefficient (Wildman–Crippen LogP) is 0.840. The largest absolute Gasteiger partial charge is 0.448 e. The van der Waals surface area contributed by atoms with Gasteiger partial charge in [0, 0.05) is 12.6 Å². The van der Waals surface area contributed by atoms with Crippen molar-refractivity contribution in [2.24, 2.45) is 5.92 Å². The molecule has 2 heterocycles. The van der Waals surface area contributed by atoms with Crippen molar-refractivity contribution in [3.8, 4) is 0 Å². The van der Waals surface area contributed by atoms with E-state index < -0.39 is 6.09 Å². The van der Waals surface area contributed by atoms with Gasteiger partial charge in [-0.05, 0) is 32.1 Å². The average molecular weight is 364 g/mol. The van der Waals surface area contributed by atoms with E-state index in [1.165, 1.54) is 11.3 Å². The van der Waals surface area contributed by atoms with Crippen LogP contribution in [-0.2, 0) is 9.53 Å². The molecule has 1 aromatic heterocycles. The molecule has 0 radical (unpaired) electrons. The number of nitrogens with zero attached hydrogens (tertiary/aromatic N) is 2. The Morgan fingerprint density at radius 3 is 2.92 bits per heavy atom. The summed E-state index contributed by atoms with van der Waals surface area (Å²) in [6, 6.07) is 0.0582. The van der Waals surface area contributed by atoms with E-state index in [0.29, 0.717) is 37.1 Å². The van der Waals surface area contributed by atoms with Crippen molar-refractivity contribution in [3.63, 3.8) is 0 Å². The van der Waals surface area contributed by atoms with Crippen LogP contribution in [0, 0.1) is 12.8 Å². The van der Waals surface area contributed by atoms with Gasteiger partial charge < -0.3 is 19.8 Å². The van der Waals surface area contributed by atoms with Crippen molar-refractivity contribution in [1.82, 2.24) is 20.5 Å². The number of rotatable bonds is 6. The highest BCUT2D eigenvalue weighted by Gasteiger charge is 2.27. The van der Waals surface area contributed by atoms with Gasteiger partial charge >= 0.3 is 6.09 Å². The zero-order valence-corrected chi connectivity index (χ0v) is 14.8. The molecule has 0 bridgehead atoms. The third-order valence-electron chi connectivity index (χ3n) is 4.85. The van der Waals surface area contributed by atoms with Crippen LogP contribution in [0.2, 0.25) is 0 Å². The Morgan fingerprint density at radius 2 is 2.23 bits per heavy atom. The number of hydrogen-bond acceptors (Lipinski definition) is 6. The van der Waals surface area contributed by atoms with E-state index in [-0.39, 0.29) is 24.4 Å². The summed E-state index contributed by atoms with van der Waals surface area (Å²) < 4.78 is 9.87. The van der Waals surface area contributed by atoms with Crippen molar-refractivity contribution in [3.05, 3.63) is 17.8 Å². The number of aryl methyl sites for hydroxylation is 1. The molecular formula is C17H24N4O5. The molecule has 1 aliphatic heterocycles. The summed E-state index contributed by atoms with van der Waals surface area (Å²) in [5.41, 5.74) is 0.318. The standard InChI is InChI=1S/C17H24N4O5/c1-11-15(19-10-26-11)16(23)20-13-4-2-3-12(7-13)8-18-14(22)9-21-5-6-25-17(21)24/h10,12-13H,2-9H2,1H3,(H,18,22)(H,20,23)/t12-,13+/m1/s1. The van der Waals surface area contributed by atoms with Gasteiger partial charge in [0.05, 0.1) is 6.54 Å². The van der Waals surface area contributed by atoms with Crippen LogP contribution in [0.5, 0.6) is 0 Å². The van der Waals surface area contributed by atoms with E-state index in [4.69, 9.17) is 9.15 Å². The lowest BCUT2D eigenvalue weighted by molar-refractivity contribution is -0.121. The molecule has 2 fully saturated rings. The summed E-state index contributed by atoms with van der Waals surface area (Å²) in [5.74, 6) is 0.385. The molecule has 0 spiro atoms. The molecule has 2 N–H and O–H groups in total. The molecule has 1 aliphatic carbocycles. The van der Waals surface area contributed by atoms with Gasteiger partial charge in [-0.2, -0.15) is 0 Å². The molecule has 1 aromatic rings. The molecule has 9 heteroatoms.